The molecule has 0 aliphatic rings. The van der Waals surface area contributed by atoms with E-state index < -0.39 is 18.0 Å². The summed E-state index contributed by atoms with van der Waals surface area (Å²) < 4.78 is 5.66. The van der Waals surface area contributed by atoms with Crippen LogP contribution in [0.4, 0.5) is 5.69 Å². The van der Waals surface area contributed by atoms with Crippen LogP contribution >= 0.6 is 0 Å². The summed E-state index contributed by atoms with van der Waals surface area (Å²) >= 11 is 0. The van der Waals surface area contributed by atoms with E-state index in [1.54, 1.807) is 0 Å². The summed E-state index contributed by atoms with van der Waals surface area (Å²) in [5.41, 5.74) is 13.5. The zero-order valence-electron chi connectivity index (χ0n) is 20.0. The number of benzene rings is 3. The third-order valence-electron chi connectivity index (χ3n) is 6.00. The molecule has 8 heteroatoms. The summed E-state index contributed by atoms with van der Waals surface area (Å²) in [5.74, 6) is -0.441. The van der Waals surface area contributed by atoms with E-state index in [-0.39, 0.29) is 17.5 Å². The van der Waals surface area contributed by atoms with E-state index in [1.165, 1.54) is 6.26 Å². The Labute approximate surface area is 210 Å². The maximum absolute atomic E-state index is 12.9. The minimum absolute atomic E-state index is 0.129. The number of hydrogen-bond acceptors (Lipinski definition) is 6. The van der Waals surface area contributed by atoms with Crippen LogP contribution < -0.4 is 22.1 Å². The highest BCUT2D eigenvalue weighted by atomic mass is 16.3. The molecular formula is C28H31N5O3. The maximum atomic E-state index is 12.9. The van der Waals surface area contributed by atoms with Crippen molar-refractivity contribution >= 4 is 28.3 Å². The molecule has 0 saturated carbocycles. The molecule has 4 rings (SSSR count). The molecule has 1 aromatic heterocycles. The Morgan fingerprint density at radius 3 is 2.47 bits per heavy atom. The number of aryl methyl sites for hydroxylation is 1. The molecule has 0 aliphatic heterocycles. The number of hydrogen-bond donors (Lipinski definition) is 4. The average Bonchev–Trinajstić information content (AvgIpc) is 3.40. The van der Waals surface area contributed by atoms with Crippen LogP contribution in [0.15, 0.2) is 83.5 Å². The van der Waals surface area contributed by atoms with Crippen LogP contribution in [0.1, 0.15) is 47.2 Å². The van der Waals surface area contributed by atoms with Gasteiger partial charge >= 0.3 is 0 Å². The van der Waals surface area contributed by atoms with Crippen LogP contribution in [0, 0.1) is 0 Å². The number of carbonyl (C=O) groups is 2. The van der Waals surface area contributed by atoms with E-state index >= 15 is 0 Å². The van der Waals surface area contributed by atoms with E-state index in [0.717, 1.165) is 16.3 Å². The van der Waals surface area contributed by atoms with Gasteiger partial charge in [0.05, 0.1) is 6.04 Å². The number of nitrogens with zero attached hydrogens (tertiary/aromatic N) is 1. The fourth-order valence-electron chi connectivity index (χ4n) is 3.97. The zero-order valence-corrected chi connectivity index (χ0v) is 20.0. The molecule has 8 nitrogen and oxygen atoms in total. The van der Waals surface area contributed by atoms with Gasteiger partial charge < -0.3 is 26.5 Å². The Kier molecular flexibility index (Phi) is 8.44. The number of oxazole rings is 1. The Hall–Kier alpha value is -4.01. The number of aromatic nitrogens is 1. The Morgan fingerprint density at radius 2 is 1.69 bits per heavy atom. The lowest BCUT2D eigenvalue weighted by atomic mass is 10.0. The molecule has 3 aromatic carbocycles. The molecule has 0 radical (unpaired) electrons. The molecule has 186 valence electrons. The van der Waals surface area contributed by atoms with Gasteiger partial charge in [-0.1, -0.05) is 60.7 Å². The first-order valence-corrected chi connectivity index (χ1v) is 12.1. The zero-order chi connectivity index (χ0) is 25.3. The van der Waals surface area contributed by atoms with Gasteiger partial charge in [-0.05, 0) is 60.7 Å². The topological polar surface area (TPSA) is 136 Å². The van der Waals surface area contributed by atoms with Gasteiger partial charge in [-0.25, -0.2) is 4.98 Å². The van der Waals surface area contributed by atoms with E-state index in [1.807, 2.05) is 72.8 Å². The highest BCUT2D eigenvalue weighted by Crippen LogP contribution is 2.22. The van der Waals surface area contributed by atoms with Crippen LogP contribution in [0.25, 0.3) is 10.8 Å². The van der Waals surface area contributed by atoms with E-state index in [4.69, 9.17) is 15.9 Å². The smallest absolute Gasteiger partial charge is 0.277 e. The molecule has 4 aromatic rings. The van der Waals surface area contributed by atoms with E-state index in [9.17, 15) is 9.59 Å². The van der Waals surface area contributed by atoms with Gasteiger partial charge in [-0.15, -0.1) is 0 Å². The number of amides is 2. The summed E-state index contributed by atoms with van der Waals surface area (Å²) in [7, 11) is 0. The quantitative estimate of drug-likeness (QED) is 0.254. The van der Waals surface area contributed by atoms with Crippen LogP contribution in [0.5, 0.6) is 0 Å². The molecule has 0 bridgehead atoms. The highest BCUT2D eigenvalue weighted by molar-refractivity contribution is 6.03. The fraction of sp³-hybridized carbons (Fsp3) is 0.250. The van der Waals surface area contributed by atoms with Crippen LogP contribution in [0.3, 0.4) is 0 Å². The molecule has 36 heavy (non-hydrogen) atoms. The monoisotopic (exact) mass is 485 g/mol. The Morgan fingerprint density at radius 1 is 0.944 bits per heavy atom. The second kappa shape index (κ2) is 12.1. The summed E-state index contributed by atoms with van der Waals surface area (Å²) in [6, 6.07) is 22.3. The second-order valence-electron chi connectivity index (χ2n) is 8.71. The summed E-state index contributed by atoms with van der Waals surface area (Å²) in [6.45, 7) is 0.466. The van der Waals surface area contributed by atoms with Crippen molar-refractivity contribution in [2.24, 2.45) is 11.5 Å². The summed E-state index contributed by atoms with van der Waals surface area (Å²) in [4.78, 5) is 30.0. The molecule has 0 saturated heterocycles. The predicted octanol–water partition coefficient (Wildman–Crippen LogP) is 3.94. The SMILES string of the molecule is NCCC[C@@H](N)C(=O)N[C@H](CCc1ccccc1)c1nc(C(=O)Nc2ccc3ccccc3c2)co1. The summed E-state index contributed by atoms with van der Waals surface area (Å²) in [6.07, 6.45) is 3.66. The number of rotatable bonds is 11. The highest BCUT2D eigenvalue weighted by Gasteiger charge is 2.24. The number of anilines is 1. The second-order valence-corrected chi connectivity index (χ2v) is 8.71. The average molecular weight is 486 g/mol. The van der Waals surface area contributed by atoms with Crippen molar-refractivity contribution in [3.05, 3.63) is 96.2 Å². The van der Waals surface area contributed by atoms with Crippen molar-refractivity contribution in [3.8, 4) is 0 Å². The molecule has 1 heterocycles. The number of carbonyl (C=O) groups excluding carboxylic acids is 2. The van der Waals surface area contributed by atoms with E-state index in [2.05, 4.69) is 15.6 Å². The molecule has 0 aliphatic carbocycles. The van der Waals surface area contributed by atoms with Gasteiger partial charge in [0.15, 0.2) is 5.69 Å². The van der Waals surface area contributed by atoms with Gasteiger partial charge in [0.1, 0.15) is 12.3 Å². The molecule has 2 amide bonds. The maximum Gasteiger partial charge on any atom is 0.277 e. The molecule has 0 unspecified atom stereocenters. The first-order valence-electron chi connectivity index (χ1n) is 12.1. The van der Waals surface area contributed by atoms with Gasteiger partial charge in [0.25, 0.3) is 5.91 Å². The minimum Gasteiger partial charge on any atom is -0.446 e. The molecule has 0 spiro atoms. The normalized spacial score (nSPS) is 12.7. The van der Waals surface area contributed by atoms with Gasteiger partial charge in [0.2, 0.25) is 11.8 Å². The lowest BCUT2D eigenvalue weighted by Gasteiger charge is -2.18. The van der Waals surface area contributed by atoms with Crippen LogP contribution in [-0.4, -0.2) is 29.4 Å². The summed E-state index contributed by atoms with van der Waals surface area (Å²) in [5, 5.41) is 7.91. The van der Waals surface area contributed by atoms with E-state index in [0.29, 0.717) is 37.9 Å². The molecule has 0 fully saturated rings. The number of nitrogens with two attached hydrogens (primary N) is 2. The third-order valence-corrected chi connectivity index (χ3v) is 6.00. The lowest BCUT2D eigenvalue weighted by Crippen LogP contribution is -2.42. The fourth-order valence-corrected chi connectivity index (χ4v) is 3.97. The van der Waals surface area contributed by atoms with Crippen molar-refractivity contribution < 1.29 is 14.0 Å². The predicted molar refractivity (Wildman–Crippen MR) is 140 cm³/mol. The van der Waals surface area contributed by atoms with Crippen LogP contribution in [-0.2, 0) is 11.2 Å². The lowest BCUT2D eigenvalue weighted by molar-refractivity contribution is -0.123. The van der Waals surface area contributed by atoms with Gasteiger partial charge in [-0.3, -0.25) is 9.59 Å². The third kappa shape index (κ3) is 6.56. The van der Waals surface area contributed by atoms with Crippen LogP contribution in [0.2, 0.25) is 0 Å². The van der Waals surface area contributed by atoms with Gasteiger partial charge in [0, 0.05) is 5.69 Å². The molecular weight excluding hydrogens is 454 g/mol. The van der Waals surface area contributed by atoms with Crippen molar-refractivity contribution in [3.63, 3.8) is 0 Å². The Balaban J connectivity index is 1.47. The Bertz CT molecular complexity index is 1300. The molecule has 6 N–H and O–H groups in total. The number of fused-ring (bicyclic) bond motifs is 1. The first kappa shape index (κ1) is 25.1. The van der Waals surface area contributed by atoms with Crippen molar-refractivity contribution in [2.45, 2.75) is 37.8 Å². The standard InChI is InChI=1S/C28H31N5O3/c29-16-6-11-23(30)26(34)32-24(15-12-19-7-2-1-3-8-19)28-33-25(18-36-28)27(35)31-22-14-13-20-9-4-5-10-21(20)17-22/h1-5,7-10,13-14,17-18,23-24H,6,11-12,15-16,29-30H2,(H,31,35)(H,32,34)/t23-,24-/m1/s1. The minimum atomic E-state index is -0.682. The largest absolute Gasteiger partial charge is 0.446 e. The first-order chi connectivity index (χ1) is 17.5. The molecule has 2 atom stereocenters. The van der Waals surface area contributed by atoms with Gasteiger partial charge in [-0.2, -0.15) is 0 Å². The number of nitrogens with one attached hydrogen (secondary N) is 2. The van der Waals surface area contributed by atoms with Crippen molar-refractivity contribution in [1.29, 1.82) is 0 Å². The van der Waals surface area contributed by atoms with Crippen molar-refractivity contribution in [2.75, 3.05) is 11.9 Å². The van der Waals surface area contributed by atoms with Crippen molar-refractivity contribution in [1.82, 2.24) is 10.3 Å².